The number of carboxylic acid groups (broad SMARTS) is 1. The second kappa shape index (κ2) is 4.72. The zero-order chi connectivity index (χ0) is 11.5. The van der Waals surface area contributed by atoms with E-state index < -0.39 is 5.97 Å². The second-order valence-electron chi connectivity index (χ2n) is 4.76. The predicted molar refractivity (Wildman–Crippen MR) is 58.1 cm³/mol. The van der Waals surface area contributed by atoms with Gasteiger partial charge in [-0.1, -0.05) is 19.3 Å². The van der Waals surface area contributed by atoms with E-state index in [-0.39, 0.29) is 11.9 Å². The Morgan fingerprint density at radius 2 is 2.00 bits per heavy atom. The lowest BCUT2D eigenvalue weighted by molar-refractivity contribution is -0.146. The minimum Gasteiger partial charge on any atom is -0.481 e. The molecule has 1 saturated carbocycles. The number of carbonyl (C=O) groups excluding carboxylic acids is 1. The van der Waals surface area contributed by atoms with Gasteiger partial charge in [0.05, 0.1) is 5.92 Å². The molecule has 0 aromatic rings. The maximum Gasteiger partial charge on any atom is 0.317 e. The standard InChI is InChI=1S/C11H18N2O3/c14-10(15)9-6-13(7-9)11(16)12-5-4-8-2-1-3-8/h8-9H,1-7H2,(H,12,16)(H,14,15). The first-order chi connectivity index (χ1) is 7.66. The topological polar surface area (TPSA) is 69.6 Å². The fraction of sp³-hybridized carbons (Fsp3) is 0.818. The van der Waals surface area contributed by atoms with Crippen molar-refractivity contribution >= 4 is 12.0 Å². The lowest BCUT2D eigenvalue weighted by Gasteiger charge is -2.36. The van der Waals surface area contributed by atoms with Gasteiger partial charge >= 0.3 is 12.0 Å². The number of nitrogens with zero attached hydrogens (tertiary/aromatic N) is 1. The molecule has 0 unspecified atom stereocenters. The van der Waals surface area contributed by atoms with Crippen molar-refractivity contribution in [2.45, 2.75) is 25.7 Å². The molecule has 0 aromatic heterocycles. The molecule has 0 spiro atoms. The predicted octanol–water partition coefficient (Wildman–Crippen LogP) is 0.903. The van der Waals surface area contributed by atoms with E-state index >= 15 is 0 Å². The van der Waals surface area contributed by atoms with E-state index in [0.717, 1.165) is 18.9 Å². The van der Waals surface area contributed by atoms with Crippen LogP contribution in [-0.4, -0.2) is 41.6 Å². The highest BCUT2D eigenvalue weighted by Gasteiger charge is 2.35. The summed E-state index contributed by atoms with van der Waals surface area (Å²) in [6.45, 7) is 1.42. The minimum absolute atomic E-state index is 0.114. The fourth-order valence-electron chi connectivity index (χ4n) is 2.08. The van der Waals surface area contributed by atoms with Crippen LogP contribution in [0.1, 0.15) is 25.7 Å². The van der Waals surface area contributed by atoms with Gasteiger partial charge in [-0.15, -0.1) is 0 Å². The van der Waals surface area contributed by atoms with Gasteiger partial charge in [-0.05, 0) is 12.3 Å². The van der Waals surface area contributed by atoms with Crippen molar-refractivity contribution in [2.24, 2.45) is 11.8 Å². The van der Waals surface area contributed by atoms with Crippen LogP contribution < -0.4 is 5.32 Å². The minimum atomic E-state index is -0.807. The molecule has 1 heterocycles. The van der Waals surface area contributed by atoms with Crippen LogP contribution in [0.4, 0.5) is 4.79 Å². The summed E-state index contributed by atoms with van der Waals surface area (Å²) in [4.78, 5) is 23.6. The quantitative estimate of drug-likeness (QED) is 0.748. The molecule has 2 rings (SSSR count). The molecule has 2 aliphatic rings. The average molecular weight is 226 g/mol. The van der Waals surface area contributed by atoms with Gasteiger partial charge in [0.15, 0.2) is 0 Å². The summed E-state index contributed by atoms with van der Waals surface area (Å²) in [6.07, 6.45) is 4.97. The molecule has 2 N–H and O–H groups in total. The lowest BCUT2D eigenvalue weighted by Crippen LogP contribution is -2.56. The first kappa shape index (κ1) is 11.2. The largest absolute Gasteiger partial charge is 0.481 e. The van der Waals surface area contributed by atoms with Crippen molar-refractivity contribution in [1.82, 2.24) is 10.2 Å². The first-order valence-electron chi connectivity index (χ1n) is 5.92. The highest BCUT2D eigenvalue weighted by molar-refractivity contribution is 5.79. The third kappa shape index (κ3) is 2.46. The Morgan fingerprint density at radius 3 is 2.50 bits per heavy atom. The van der Waals surface area contributed by atoms with E-state index in [2.05, 4.69) is 5.32 Å². The number of rotatable bonds is 4. The van der Waals surface area contributed by atoms with Crippen LogP contribution in [0.25, 0.3) is 0 Å². The Balaban J connectivity index is 1.56. The maximum absolute atomic E-state index is 11.5. The van der Waals surface area contributed by atoms with E-state index in [9.17, 15) is 9.59 Å². The molecule has 2 amide bonds. The molecule has 0 aromatic carbocycles. The Hall–Kier alpha value is -1.26. The summed E-state index contributed by atoms with van der Waals surface area (Å²) in [7, 11) is 0. The molecule has 0 radical (unpaired) electrons. The van der Waals surface area contributed by atoms with Crippen LogP contribution in [0, 0.1) is 11.8 Å². The SMILES string of the molecule is O=C(O)C1CN(C(=O)NCCC2CCC2)C1. The average Bonchev–Trinajstić information content (AvgIpc) is 2.05. The monoisotopic (exact) mass is 226 g/mol. The number of likely N-dealkylation sites (tertiary alicyclic amines) is 1. The number of nitrogens with one attached hydrogen (secondary N) is 1. The summed E-state index contributed by atoms with van der Waals surface area (Å²) in [5, 5.41) is 11.5. The van der Waals surface area contributed by atoms with E-state index in [4.69, 9.17) is 5.11 Å². The highest BCUT2D eigenvalue weighted by Crippen LogP contribution is 2.28. The van der Waals surface area contributed by atoms with Crippen LogP contribution in [0.15, 0.2) is 0 Å². The zero-order valence-corrected chi connectivity index (χ0v) is 9.32. The van der Waals surface area contributed by atoms with Gasteiger partial charge in [-0.2, -0.15) is 0 Å². The molecule has 5 nitrogen and oxygen atoms in total. The van der Waals surface area contributed by atoms with Crippen molar-refractivity contribution < 1.29 is 14.7 Å². The van der Waals surface area contributed by atoms with Crippen molar-refractivity contribution in [3.05, 3.63) is 0 Å². The fourth-order valence-corrected chi connectivity index (χ4v) is 2.08. The Labute approximate surface area is 94.8 Å². The van der Waals surface area contributed by atoms with Gasteiger partial charge in [0.1, 0.15) is 0 Å². The van der Waals surface area contributed by atoms with E-state index in [1.54, 1.807) is 4.90 Å². The zero-order valence-electron chi connectivity index (χ0n) is 9.32. The van der Waals surface area contributed by atoms with Crippen LogP contribution >= 0.6 is 0 Å². The normalized spacial score (nSPS) is 21.1. The molecule has 5 heteroatoms. The number of amides is 2. The van der Waals surface area contributed by atoms with Gasteiger partial charge in [-0.25, -0.2) is 4.79 Å². The summed E-state index contributed by atoms with van der Waals surface area (Å²) < 4.78 is 0. The molecular weight excluding hydrogens is 208 g/mol. The first-order valence-corrected chi connectivity index (χ1v) is 5.92. The van der Waals surface area contributed by atoms with Gasteiger partial charge < -0.3 is 15.3 Å². The molecule has 0 bridgehead atoms. The van der Waals surface area contributed by atoms with Gasteiger partial charge in [0.2, 0.25) is 0 Å². The van der Waals surface area contributed by atoms with Gasteiger partial charge in [0, 0.05) is 19.6 Å². The molecule has 16 heavy (non-hydrogen) atoms. The molecule has 1 aliphatic heterocycles. The lowest BCUT2D eigenvalue weighted by atomic mass is 9.83. The van der Waals surface area contributed by atoms with E-state index in [0.29, 0.717) is 13.1 Å². The van der Waals surface area contributed by atoms with Crippen molar-refractivity contribution in [1.29, 1.82) is 0 Å². The van der Waals surface area contributed by atoms with Gasteiger partial charge in [-0.3, -0.25) is 4.79 Å². The summed E-state index contributed by atoms with van der Waals surface area (Å²) >= 11 is 0. The van der Waals surface area contributed by atoms with E-state index in [1.807, 2.05) is 0 Å². The molecule has 90 valence electrons. The molecule has 1 aliphatic carbocycles. The molecule has 0 atom stereocenters. The Morgan fingerprint density at radius 1 is 1.31 bits per heavy atom. The number of hydrogen-bond donors (Lipinski definition) is 2. The molecular formula is C11H18N2O3. The van der Waals surface area contributed by atoms with Crippen LogP contribution in [0.5, 0.6) is 0 Å². The number of carboxylic acids is 1. The maximum atomic E-state index is 11.5. The number of carbonyl (C=O) groups is 2. The number of hydrogen-bond acceptors (Lipinski definition) is 2. The summed E-state index contributed by atoms with van der Waals surface area (Å²) in [5.74, 6) is -0.376. The summed E-state index contributed by atoms with van der Waals surface area (Å²) in [5.41, 5.74) is 0. The third-order valence-electron chi connectivity index (χ3n) is 3.57. The third-order valence-corrected chi connectivity index (χ3v) is 3.57. The molecule has 2 fully saturated rings. The second-order valence-corrected chi connectivity index (χ2v) is 4.76. The number of urea groups is 1. The Bertz CT molecular complexity index is 283. The smallest absolute Gasteiger partial charge is 0.317 e. The van der Waals surface area contributed by atoms with Gasteiger partial charge in [0.25, 0.3) is 0 Å². The van der Waals surface area contributed by atoms with Crippen molar-refractivity contribution in [3.63, 3.8) is 0 Å². The van der Waals surface area contributed by atoms with Crippen molar-refractivity contribution in [2.75, 3.05) is 19.6 Å². The molecule has 1 saturated heterocycles. The van der Waals surface area contributed by atoms with E-state index in [1.165, 1.54) is 19.3 Å². The number of aliphatic carboxylic acids is 1. The summed E-state index contributed by atoms with van der Waals surface area (Å²) in [6, 6.07) is -0.114. The Kier molecular flexibility index (Phi) is 3.31. The van der Waals surface area contributed by atoms with Crippen LogP contribution in [0.2, 0.25) is 0 Å². The van der Waals surface area contributed by atoms with Crippen LogP contribution in [-0.2, 0) is 4.79 Å². The van der Waals surface area contributed by atoms with Crippen molar-refractivity contribution in [3.8, 4) is 0 Å². The van der Waals surface area contributed by atoms with Crippen LogP contribution in [0.3, 0.4) is 0 Å². The highest BCUT2D eigenvalue weighted by atomic mass is 16.4.